The monoisotopic (exact) mass is 380 g/mol. The Morgan fingerprint density at radius 2 is 1.93 bits per heavy atom. The Morgan fingerprint density at radius 3 is 2.57 bits per heavy atom. The summed E-state index contributed by atoms with van der Waals surface area (Å²) in [5, 5.41) is 12.1. The number of carbonyl (C=O) groups excluding carboxylic acids is 2. The number of hydrogen-bond acceptors (Lipinski definition) is 3. The van der Waals surface area contributed by atoms with E-state index >= 15 is 0 Å². The van der Waals surface area contributed by atoms with Crippen LogP contribution in [0.2, 0.25) is 0 Å². The van der Waals surface area contributed by atoms with Gasteiger partial charge in [0.15, 0.2) is 0 Å². The summed E-state index contributed by atoms with van der Waals surface area (Å²) in [6, 6.07) is 13.9. The van der Waals surface area contributed by atoms with E-state index in [-0.39, 0.29) is 18.2 Å². The summed E-state index contributed by atoms with van der Waals surface area (Å²) < 4.78 is 0. The minimum Gasteiger partial charge on any atom is -0.481 e. The molecule has 6 heteroatoms. The maximum Gasteiger partial charge on any atom is 0.305 e. The van der Waals surface area contributed by atoms with Crippen LogP contribution in [0.25, 0.3) is 0 Å². The molecule has 1 aliphatic heterocycles. The third-order valence-electron chi connectivity index (χ3n) is 4.90. The molecule has 1 atom stereocenters. The molecular formula is C22H24N2O4. The van der Waals surface area contributed by atoms with Gasteiger partial charge in [-0.3, -0.25) is 14.4 Å². The molecule has 1 unspecified atom stereocenters. The zero-order chi connectivity index (χ0) is 20.1. The van der Waals surface area contributed by atoms with E-state index in [1.165, 1.54) is 0 Å². The van der Waals surface area contributed by atoms with Crippen molar-refractivity contribution < 1.29 is 19.5 Å². The van der Waals surface area contributed by atoms with Gasteiger partial charge in [-0.25, -0.2) is 0 Å². The molecule has 1 heterocycles. The summed E-state index contributed by atoms with van der Waals surface area (Å²) in [6.07, 6.45) is 1.25. The molecule has 0 aliphatic carbocycles. The lowest BCUT2D eigenvalue weighted by Crippen LogP contribution is -2.30. The Labute approximate surface area is 164 Å². The Bertz CT molecular complexity index is 876. The fourth-order valence-electron chi connectivity index (χ4n) is 3.37. The number of aryl methyl sites for hydroxylation is 1. The van der Waals surface area contributed by atoms with E-state index in [0.29, 0.717) is 18.5 Å². The predicted octanol–water partition coefficient (Wildman–Crippen LogP) is 3.06. The van der Waals surface area contributed by atoms with Crippen LogP contribution < -0.4 is 5.32 Å². The van der Waals surface area contributed by atoms with E-state index in [4.69, 9.17) is 0 Å². The van der Waals surface area contributed by atoms with Crippen LogP contribution in [0.1, 0.15) is 52.4 Å². The van der Waals surface area contributed by atoms with Gasteiger partial charge in [-0.05, 0) is 36.6 Å². The van der Waals surface area contributed by atoms with E-state index in [1.807, 2.05) is 37.3 Å². The number of carboxylic acid groups (broad SMARTS) is 1. The van der Waals surface area contributed by atoms with Crippen LogP contribution in [0.5, 0.6) is 0 Å². The molecule has 0 aromatic heterocycles. The van der Waals surface area contributed by atoms with Crippen molar-refractivity contribution >= 4 is 17.8 Å². The maximum absolute atomic E-state index is 12.7. The lowest BCUT2D eigenvalue weighted by molar-refractivity contribution is -0.137. The smallest absolute Gasteiger partial charge is 0.305 e. The zero-order valence-electron chi connectivity index (χ0n) is 15.9. The molecule has 2 aromatic carbocycles. The molecule has 0 radical (unpaired) electrons. The van der Waals surface area contributed by atoms with Crippen molar-refractivity contribution in [1.29, 1.82) is 0 Å². The molecule has 1 saturated heterocycles. The summed E-state index contributed by atoms with van der Waals surface area (Å²) in [7, 11) is 0. The number of rotatable bonds is 7. The first-order valence-electron chi connectivity index (χ1n) is 9.38. The molecule has 0 bridgehead atoms. The molecule has 2 aromatic rings. The molecule has 6 nitrogen and oxygen atoms in total. The molecule has 0 spiro atoms. The van der Waals surface area contributed by atoms with Gasteiger partial charge in [-0.2, -0.15) is 0 Å². The molecule has 2 amide bonds. The van der Waals surface area contributed by atoms with Crippen LogP contribution in [0.15, 0.2) is 48.5 Å². The number of benzene rings is 2. The Morgan fingerprint density at radius 1 is 1.18 bits per heavy atom. The van der Waals surface area contributed by atoms with Crippen LogP contribution in [0.4, 0.5) is 0 Å². The summed E-state index contributed by atoms with van der Waals surface area (Å²) in [5.74, 6) is -1.18. The highest BCUT2D eigenvalue weighted by Gasteiger charge is 2.21. The molecule has 28 heavy (non-hydrogen) atoms. The minimum atomic E-state index is -0.979. The number of nitrogens with one attached hydrogen (secondary N) is 1. The van der Waals surface area contributed by atoms with Gasteiger partial charge >= 0.3 is 5.97 Å². The number of amides is 2. The van der Waals surface area contributed by atoms with E-state index in [2.05, 4.69) is 5.32 Å². The van der Waals surface area contributed by atoms with E-state index < -0.39 is 12.0 Å². The largest absolute Gasteiger partial charge is 0.481 e. The number of carboxylic acids is 1. The summed E-state index contributed by atoms with van der Waals surface area (Å²) in [6.45, 7) is 3.17. The SMILES string of the molecule is Cc1ccc(C(CC(=O)O)NC(=O)c2cccc(CN3CCCC3=O)c2)cc1. The van der Waals surface area contributed by atoms with Crippen LogP contribution in [0.3, 0.4) is 0 Å². The van der Waals surface area contributed by atoms with Gasteiger partial charge in [-0.15, -0.1) is 0 Å². The molecule has 0 saturated carbocycles. The lowest BCUT2D eigenvalue weighted by atomic mass is 10.0. The first-order valence-corrected chi connectivity index (χ1v) is 9.38. The summed E-state index contributed by atoms with van der Waals surface area (Å²) in [4.78, 5) is 37.6. The zero-order valence-corrected chi connectivity index (χ0v) is 15.9. The number of likely N-dealkylation sites (tertiary alicyclic amines) is 1. The molecule has 146 valence electrons. The van der Waals surface area contributed by atoms with Crippen LogP contribution in [-0.2, 0) is 16.1 Å². The van der Waals surface area contributed by atoms with Crippen LogP contribution >= 0.6 is 0 Å². The fraction of sp³-hybridized carbons (Fsp3) is 0.318. The molecule has 3 rings (SSSR count). The van der Waals surface area contributed by atoms with E-state index in [0.717, 1.165) is 29.7 Å². The predicted molar refractivity (Wildman–Crippen MR) is 105 cm³/mol. The second-order valence-corrected chi connectivity index (χ2v) is 7.15. The number of carbonyl (C=O) groups is 3. The first kappa shape index (κ1) is 19.6. The molecule has 1 aliphatic rings. The number of nitrogens with zero attached hydrogens (tertiary/aromatic N) is 1. The molecular weight excluding hydrogens is 356 g/mol. The Kier molecular flexibility index (Phi) is 6.09. The third-order valence-corrected chi connectivity index (χ3v) is 4.90. The highest BCUT2D eigenvalue weighted by atomic mass is 16.4. The van der Waals surface area contributed by atoms with Gasteiger partial charge in [0.25, 0.3) is 5.91 Å². The highest BCUT2D eigenvalue weighted by molar-refractivity contribution is 5.95. The normalized spacial score (nSPS) is 14.8. The highest BCUT2D eigenvalue weighted by Crippen LogP contribution is 2.20. The van der Waals surface area contributed by atoms with Crippen LogP contribution in [0, 0.1) is 6.92 Å². The van der Waals surface area contributed by atoms with Crippen LogP contribution in [-0.4, -0.2) is 34.3 Å². The second-order valence-electron chi connectivity index (χ2n) is 7.15. The van der Waals surface area contributed by atoms with Crippen molar-refractivity contribution in [3.63, 3.8) is 0 Å². The van der Waals surface area contributed by atoms with Gasteiger partial charge in [0.05, 0.1) is 12.5 Å². The minimum absolute atomic E-state index is 0.135. The van der Waals surface area contributed by atoms with Gasteiger partial charge in [0.1, 0.15) is 0 Å². The van der Waals surface area contributed by atoms with Gasteiger partial charge in [0, 0.05) is 25.1 Å². The van der Waals surface area contributed by atoms with Crippen molar-refractivity contribution in [3.8, 4) is 0 Å². The molecule has 1 fully saturated rings. The summed E-state index contributed by atoms with van der Waals surface area (Å²) >= 11 is 0. The first-order chi connectivity index (χ1) is 13.4. The van der Waals surface area contributed by atoms with Gasteiger partial charge in [-0.1, -0.05) is 42.0 Å². The fourth-order valence-corrected chi connectivity index (χ4v) is 3.37. The Hall–Kier alpha value is -3.15. The number of hydrogen-bond donors (Lipinski definition) is 2. The second kappa shape index (κ2) is 8.69. The average molecular weight is 380 g/mol. The van der Waals surface area contributed by atoms with E-state index in [1.54, 1.807) is 23.1 Å². The number of aliphatic carboxylic acids is 1. The molecule has 2 N–H and O–H groups in total. The quantitative estimate of drug-likeness (QED) is 0.773. The lowest BCUT2D eigenvalue weighted by Gasteiger charge is -2.19. The topological polar surface area (TPSA) is 86.7 Å². The van der Waals surface area contributed by atoms with E-state index in [9.17, 15) is 19.5 Å². The van der Waals surface area contributed by atoms with Crippen molar-refractivity contribution in [2.75, 3.05) is 6.54 Å². The van der Waals surface area contributed by atoms with Gasteiger partial charge < -0.3 is 15.3 Å². The maximum atomic E-state index is 12.7. The van der Waals surface area contributed by atoms with Crippen molar-refractivity contribution in [2.45, 2.75) is 38.8 Å². The van der Waals surface area contributed by atoms with Crippen molar-refractivity contribution in [3.05, 3.63) is 70.8 Å². The summed E-state index contributed by atoms with van der Waals surface area (Å²) in [5.41, 5.74) is 3.15. The van der Waals surface area contributed by atoms with Crippen molar-refractivity contribution in [2.24, 2.45) is 0 Å². The van der Waals surface area contributed by atoms with Gasteiger partial charge in [0.2, 0.25) is 5.91 Å². The van der Waals surface area contributed by atoms with Crippen molar-refractivity contribution in [1.82, 2.24) is 10.2 Å². The third kappa shape index (κ3) is 4.97. The average Bonchev–Trinajstić information content (AvgIpc) is 3.06. The Balaban J connectivity index is 1.74. The standard InChI is InChI=1S/C22H24N2O4/c1-15-7-9-17(10-8-15)19(13-21(26)27)23-22(28)18-5-2-4-16(12-18)14-24-11-3-6-20(24)25/h2,4-5,7-10,12,19H,3,6,11,13-14H2,1H3,(H,23,28)(H,26,27).